The van der Waals surface area contributed by atoms with Crippen LogP contribution in [0.4, 0.5) is 4.39 Å². The van der Waals surface area contributed by atoms with Gasteiger partial charge in [-0.2, -0.15) is 0 Å². The molecule has 2 aromatic heterocycles. The van der Waals surface area contributed by atoms with E-state index in [1.165, 1.54) is 24.6 Å². The van der Waals surface area contributed by atoms with Crippen molar-refractivity contribution in [2.45, 2.75) is 25.6 Å². The van der Waals surface area contributed by atoms with Crippen molar-refractivity contribution in [1.82, 2.24) is 15.3 Å². The Kier molecular flexibility index (Phi) is 5.33. The number of thiazole rings is 1. The molecule has 0 bridgehead atoms. The minimum absolute atomic E-state index is 0.205. The normalized spacial score (nSPS) is 20.5. The predicted octanol–water partition coefficient (Wildman–Crippen LogP) is 2.98. The highest BCUT2D eigenvalue weighted by Gasteiger charge is 2.43. The smallest absolute Gasteiger partial charge is 0.255 e. The zero-order valence-electron chi connectivity index (χ0n) is 16.8. The van der Waals surface area contributed by atoms with Gasteiger partial charge in [0.25, 0.3) is 11.8 Å². The lowest BCUT2D eigenvalue weighted by molar-refractivity contribution is -0.123. The Labute approximate surface area is 181 Å². The lowest BCUT2D eigenvalue weighted by Crippen LogP contribution is -2.21. The van der Waals surface area contributed by atoms with Crippen LogP contribution in [0.15, 0.2) is 24.5 Å². The quantitative estimate of drug-likeness (QED) is 0.596. The summed E-state index contributed by atoms with van der Waals surface area (Å²) in [6.07, 6.45) is 7.76. The molecule has 3 atom stereocenters. The third kappa shape index (κ3) is 3.39. The number of nitrogens with two attached hydrogens (primary N) is 1. The van der Waals surface area contributed by atoms with Crippen molar-refractivity contribution in [3.8, 4) is 28.8 Å². The van der Waals surface area contributed by atoms with Crippen LogP contribution < -0.4 is 15.8 Å². The van der Waals surface area contributed by atoms with Gasteiger partial charge in [0.1, 0.15) is 16.5 Å². The van der Waals surface area contributed by atoms with E-state index >= 15 is 0 Å². The molecule has 0 saturated carbocycles. The number of primary amides is 1. The van der Waals surface area contributed by atoms with E-state index < -0.39 is 29.9 Å². The number of pyridine rings is 1. The molecule has 3 heterocycles. The molecule has 158 valence electrons. The van der Waals surface area contributed by atoms with Crippen LogP contribution in [-0.4, -0.2) is 35.1 Å². The number of aromatic nitrogens is 2. The number of nitrogens with zero attached hydrogens (tertiary/aromatic N) is 2. The largest absolute Gasteiger partial charge is 0.496 e. The molecule has 1 fully saturated rings. The summed E-state index contributed by atoms with van der Waals surface area (Å²) in [5.41, 5.74) is 6.72. The predicted molar refractivity (Wildman–Crippen MR) is 115 cm³/mol. The van der Waals surface area contributed by atoms with Gasteiger partial charge in [-0.15, -0.1) is 17.8 Å². The number of hydrogen-bond acceptors (Lipinski definition) is 6. The maximum absolute atomic E-state index is 14.2. The van der Waals surface area contributed by atoms with Gasteiger partial charge in [-0.1, -0.05) is 12.8 Å². The fraction of sp³-hybridized carbons (Fsp3) is 0.273. The molecule has 0 aliphatic carbocycles. The molecule has 1 aliphatic heterocycles. The fourth-order valence-electron chi connectivity index (χ4n) is 3.88. The summed E-state index contributed by atoms with van der Waals surface area (Å²) in [5, 5.41) is 4.55. The number of alkyl halides is 1. The second-order valence-electron chi connectivity index (χ2n) is 7.16. The molecule has 4 rings (SSSR count). The van der Waals surface area contributed by atoms with E-state index in [0.717, 1.165) is 4.88 Å². The number of benzene rings is 1. The van der Waals surface area contributed by atoms with Crippen LogP contribution >= 0.6 is 11.3 Å². The minimum Gasteiger partial charge on any atom is -0.496 e. The standard InChI is InChI=1S/C22H19FN4O3S/c1-4-10-8-25-19(13-7-15(30-3)14(20(24)28)6-12(10)13)22-26-9-16(31-22)18-11(5-2)17(23)21(29)27-18/h1,6-9,11,17-18H,5H2,2-3H3,(H2,24,28)(H,27,29)/t11-,17+,18+/m1/s1. The van der Waals surface area contributed by atoms with Crippen molar-refractivity contribution in [3.05, 3.63) is 40.5 Å². The van der Waals surface area contributed by atoms with Gasteiger partial charge >= 0.3 is 0 Å². The average Bonchev–Trinajstić information content (AvgIpc) is 3.36. The van der Waals surface area contributed by atoms with E-state index in [2.05, 4.69) is 21.2 Å². The third-order valence-corrected chi connectivity index (χ3v) is 6.57. The molecule has 0 spiro atoms. The summed E-state index contributed by atoms with van der Waals surface area (Å²) in [6, 6.07) is 2.80. The highest BCUT2D eigenvalue weighted by Crippen LogP contribution is 2.40. The molecule has 2 amide bonds. The second-order valence-corrected chi connectivity index (χ2v) is 8.22. The number of methoxy groups -OCH3 is 1. The van der Waals surface area contributed by atoms with Crippen LogP contribution in [0.3, 0.4) is 0 Å². The Bertz CT molecular complexity index is 1250. The van der Waals surface area contributed by atoms with Crippen LogP contribution in [0.2, 0.25) is 0 Å². The van der Waals surface area contributed by atoms with Gasteiger partial charge in [-0.05, 0) is 18.6 Å². The van der Waals surface area contributed by atoms with Gasteiger partial charge in [0.2, 0.25) is 0 Å². The summed E-state index contributed by atoms with van der Waals surface area (Å²) in [5.74, 6) is 1.17. The number of fused-ring (bicyclic) bond motifs is 1. The Morgan fingerprint density at radius 1 is 1.35 bits per heavy atom. The van der Waals surface area contributed by atoms with Crippen molar-refractivity contribution in [1.29, 1.82) is 0 Å². The van der Waals surface area contributed by atoms with Crippen LogP contribution in [0.1, 0.15) is 40.2 Å². The average molecular weight is 438 g/mol. The number of terminal acetylenes is 1. The summed E-state index contributed by atoms with van der Waals surface area (Å²) in [6.45, 7) is 1.85. The molecule has 31 heavy (non-hydrogen) atoms. The minimum atomic E-state index is -1.54. The summed E-state index contributed by atoms with van der Waals surface area (Å²) in [4.78, 5) is 33.4. The van der Waals surface area contributed by atoms with Crippen molar-refractivity contribution >= 4 is 33.9 Å². The summed E-state index contributed by atoms with van der Waals surface area (Å²) < 4.78 is 19.5. The SMILES string of the molecule is C#Cc1cnc(-c2ncc([C@H]3NC(=O)[C@@H](F)[C@H]3CC)s2)c2cc(OC)c(C(N)=O)cc12. The molecular weight excluding hydrogens is 419 g/mol. The molecule has 3 N–H and O–H groups in total. The van der Waals surface area contributed by atoms with Crippen LogP contribution in [-0.2, 0) is 4.79 Å². The first-order chi connectivity index (χ1) is 14.9. The van der Waals surface area contributed by atoms with E-state index in [1.807, 2.05) is 6.92 Å². The Balaban J connectivity index is 1.85. The summed E-state index contributed by atoms with van der Waals surface area (Å²) in [7, 11) is 1.44. The van der Waals surface area contributed by atoms with Gasteiger partial charge in [-0.25, -0.2) is 9.37 Å². The van der Waals surface area contributed by atoms with E-state index in [-0.39, 0.29) is 5.56 Å². The van der Waals surface area contributed by atoms with Gasteiger partial charge in [0.05, 0.1) is 24.3 Å². The number of hydrogen-bond donors (Lipinski definition) is 2. The molecule has 0 unspecified atom stereocenters. The van der Waals surface area contributed by atoms with Crippen molar-refractivity contribution in [2.75, 3.05) is 7.11 Å². The van der Waals surface area contributed by atoms with Crippen LogP contribution in [0.5, 0.6) is 5.75 Å². The maximum Gasteiger partial charge on any atom is 0.255 e. The van der Waals surface area contributed by atoms with E-state index in [4.69, 9.17) is 16.9 Å². The molecule has 1 aromatic carbocycles. The number of carbonyl (C=O) groups is 2. The van der Waals surface area contributed by atoms with Gasteiger partial charge in [0.15, 0.2) is 6.17 Å². The zero-order chi connectivity index (χ0) is 22.3. The van der Waals surface area contributed by atoms with Crippen molar-refractivity contribution in [2.24, 2.45) is 11.7 Å². The highest BCUT2D eigenvalue weighted by molar-refractivity contribution is 7.15. The lowest BCUT2D eigenvalue weighted by Gasteiger charge is -2.15. The number of ether oxygens (including phenoxy) is 1. The monoisotopic (exact) mass is 438 g/mol. The molecule has 1 saturated heterocycles. The fourth-order valence-corrected chi connectivity index (χ4v) is 4.94. The molecular formula is C22H19FN4O3S. The van der Waals surface area contributed by atoms with Gasteiger partial charge in [-0.3, -0.25) is 14.6 Å². The number of halogens is 1. The number of nitrogens with one attached hydrogen (secondary N) is 1. The maximum atomic E-state index is 14.2. The highest BCUT2D eigenvalue weighted by atomic mass is 32.1. The van der Waals surface area contributed by atoms with E-state index in [1.54, 1.807) is 18.3 Å². The van der Waals surface area contributed by atoms with Crippen LogP contribution in [0, 0.1) is 18.3 Å². The summed E-state index contributed by atoms with van der Waals surface area (Å²) >= 11 is 1.32. The first kappa shape index (κ1) is 20.8. The van der Waals surface area contributed by atoms with Crippen LogP contribution in [0.25, 0.3) is 21.5 Å². The molecule has 7 nitrogen and oxygen atoms in total. The number of rotatable bonds is 5. The lowest BCUT2D eigenvalue weighted by atomic mass is 9.95. The van der Waals surface area contributed by atoms with E-state index in [9.17, 15) is 14.0 Å². The molecule has 3 aromatic rings. The van der Waals surface area contributed by atoms with Gasteiger partial charge < -0.3 is 15.8 Å². The second kappa shape index (κ2) is 7.96. The molecule has 0 radical (unpaired) electrons. The Morgan fingerprint density at radius 3 is 2.77 bits per heavy atom. The molecule has 9 heteroatoms. The first-order valence-corrected chi connectivity index (χ1v) is 10.4. The third-order valence-electron chi connectivity index (χ3n) is 5.49. The van der Waals surface area contributed by atoms with E-state index in [0.29, 0.717) is 39.2 Å². The number of carbonyl (C=O) groups excluding carboxylic acids is 2. The number of amides is 2. The van der Waals surface area contributed by atoms with Crippen molar-refractivity contribution < 1.29 is 18.7 Å². The topological polar surface area (TPSA) is 107 Å². The van der Waals surface area contributed by atoms with Crippen molar-refractivity contribution in [3.63, 3.8) is 0 Å². The Hall–Kier alpha value is -3.51. The Morgan fingerprint density at radius 2 is 2.13 bits per heavy atom. The molecule has 1 aliphatic rings. The first-order valence-electron chi connectivity index (χ1n) is 9.57. The van der Waals surface area contributed by atoms with Gasteiger partial charge in [0, 0.05) is 34.0 Å². The zero-order valence-corrected chi connectivity index (χ0v) is 17.6.